The average molecular weight is 348 g/mol. The zero-order chi connectivity index (χ0) is 15.2. The van der Waals surface area contributed by atoms with Crippen molar-refractivity contribution >= 4 is 27.5 Å². The van der Waals surface area contributed by atoms with Crippen molar-refractivity contribution in [1.82, 2.24) is 0 Å². The highest BCUT2D eigenvalue weighted by Crippen LogP contribution is 2.22. The van der Waals surface area contributed by atoms with Gasteiger partial charge in [0.1, 0.15) is 5.84 Å². The summed E-state index contributed by atoms with van der Waals surface area (Å²) in [7, 11) is 0. The van der Waals surface area contributed by atoms with E-state index < -0.39 is 0 Å². The maximum atomic E-state index is 8.98. The number of benzene rings is 2. The number of nitrogens with one attached hydrogen (secondary N) is 1. The van der Waals surface area contributed by atoms with Gasteiger partial charge in [0.05, 0.1) is 5.92 Å². The molecule has 110 valence electrons. The Morgan fingerprint density at radius 3 is 2.62 bits per heavy atom. The first-order chi connectivity index (χ1) is 10.1. The molecule has 1 unspecified atom stereocenters. The summed E-state index contributed by atoms with van der Waals surface area (Å²) in [6.45, 7) is 2.59. The van der Waals surface area contributed by atoms with E-state index in [2.05, 4.69) is 26.4 Å². The molecule has 5 heteroatoms. The van der Waals surface area contributed by atoms with Gasteiger partial charge in [-0.1, -0.05) is 51.4 Å². The standard InChI is InChI=1S/C16H18BrN3O/c1-11-9-13(17)7-8-15(11)19-10-14(16(18)20-21)12-5-3-2-4-6-12/h2-9,14,19,21H,10H2,1H3,(H2,18,20). The second-order valence-electron chi connectivity index (χ2n) is 4.83. The SMILES string of the molecule is Cc1cc(Br)ccc1NCC(C(N)=NO)c1ccccc1. The van der Waals surface area contributed by atoms with Crippen LogP contribution >= 0.6 is 15.9 Å². The lowest BCUT2D eigenvalue weighted by atomic mass is 9.98. The Balaban J connectivity index is 2.17. The summed E-state index contributed by atoms with van der Waals surface area (Å²) in [4.78, 5) is 0. The van der Waals surface area contributed by atoms with Crippen LogP contribution in [-0.2, 0) is 0 Å². The number of hydrogen-bond donors (Lipinski definition) is 3. The van der Waals surface area contributed by atoms with Crippen LogP contribution in [0, 0.1) is 6.92 Å². The van der Waals surface area contributed by atoms with Gasteiger partial charge in [-0.2, -0.15) is 0 Å². The van der Waals surface area contributed by atoms with Crippen molar-refractivity contribution in [1.29, 1.82) is 0 Å². The van der Waals surface area contributed by atoms with Gasteiger partial charge in [-0.15, -0.1) is 0 Å². The van der Waals surface area contributed by atoms with Crippen molar-refractivity contribution < 1.29 is 5.21 Å². The summed E-state index contributed by atoms with van der Waals surface area (Å²) in [5, 5.41) is 15.5. The molecule has 0 amide bonds. The van der Waals surface area contributed by atoms with Crippen molar-refractivity contribution in [3.05, 3.63) is 64.1 Å². The monoisotopic (exact) mass is 347 g/mol. The van der Waals surface area contributed by atoms with Crippen LogP contribution in [0.3, 0.4) is 0 Å². The molecular weight excluding hydrogens is 330 g/mol. The molecule has 0 spiro atoms. The van der Waals surface area contributed by atoms with Crippen LogP contribution < -0.4 is 11.1 Å². The molecule has 0 fully saturated rings. The normalized spacial score (nSPS) is 13.0. The molecule has 0 saturated carbocycles. The number of rotatable bonds is 5. The minimum atomic E-state index is -0.181. The molecule has 1 atom stereocenters. The zero-order valence-electron chi connectivity index (χ0n) is 11.8. The summed E-state index contributed by atoms with van der Waals surface area (Å²) >= 11 is 3.45. The highest BCUT2D eigenvalue weighted by Gasteiger charge is 2.16. The first kappa shape index (κ1) is 15.4. The van der Waals surface area contributed by atoms with E-state index in [1.54, 1.807) is 0 Å². The molecule has 2 aromatic carbocycles. The Labute approximate surface area is 132 Å². The van der Waals surface area contributed by atoms with Crippen molar-refractivity contribution in [3.8, 4) is 0 Å². The molecule has 4 N–H and O–H groups in total. The Kier molecular flexibility index (Phi) is 5.22. The van der Waals surface area contributed by atoms with Gasteiger partial charge in [-0.3, -0.25) is 0 Å². The van der Waals surface area contributed by atoms with Crippen LogP contribution in [0.1, 0.15) is 17.0 Å². The van der Waals surface area contributed by atoms with E-state index in [-0.39, 0.29) is 11.8 Å². The van der Waals surface area contributed by atoms with E-state index in [0.717, 1.165) is 21.3 Å². The van der Waals surface area contributed by atoms with Crippen LogP contribution in [0.4, 0.5) is 5.69 Å². The minimum absolute atomic E-state index is 0.181. The Hall–Kier alpha value is -2.01. The fourth-order valence-electron chi connectivity index (χ4n) is 2.19. The third-order valence-electron chi connectivity index (χ3n) is 3.36. The Morgan fingerprint density at radius 1 is 1.29 bits per heavy atom. The van der Waals surface area contributed by atoms with Crippen molar-refractivity contribution in [2.45, 2.75) is 12.8 Å². The van der Waals surface area contributed by atoms with E-state index in [9.17, 15) is 0 Å². The molecule has 0 saturated heterocycles. The lowest BCUT2D eigenvalue weighted by Crippen LogP contribution is -2.28. The molecule has 0 aliphatic carbocycles. The van der Waals surface area contributed by atoms with Gasteiger partial charge < -0.3 is 16.3 Å². The fraction of sp³-hybridized carbons (Fsp3) is 0.188. The lowest BCUT2D eigenvalue weighted by molar-refractivity contribution is 0.316. The number of anilines is 1. The number of halogens is 1. The molecule has 0 radical (unpaired) electrons. The van der Waals surface area contributed by atoms with E-state index in [1.807, 2.05) is 55.5 Å². The number of nitrogens with zero attached hydrogens (tertiary/aromatic N) is 1. The lowest BCUT2D eigenvalue weighted by Gasteiger charge is -2.18. The summed E-state index contributed by atoms with van der Waals surface area (Å²) in [5.41, 5.74) is 9.00. The van der Waals surface area contributed by atoms with Crippen molar-refractivity contribution in [3.63, 3.8) is 0 Å². The molecular formula is C16H18BrN3O. The third kappa shape index (κ3) is 3.98. The first-order valence-electron chi connectivity index (χ1n) is 6.64. The van der Waals surface area contributed by atoms with E-state index in [1.165, 1.54) is 0 Å². The number of oxime groups is 1. The van der Waals surface area contributed by atoms with Gasteiger partial charge in [0.2, 0.25) is 0 Å². The first-order valence-corrected chi connectivity index (χ1v) is 7.43. The predicted octanol–water partition coefficient (Wildman–Crippen LogP) is 3.70. The average Bonchev–Trinajstić information content (AvgIpc) is 2.50. The van der Waals surface area contributed by atoms with Gasteiger partial charge >= 0.3 is 0 Å². The van der Waals surface area contributed by atoms with E-state index in [4.69, 9.17) is 10.9 Å². The molecule has 4 nitrogen and oxygen atoms in total. The number of aryl methyl sites for hydroxylation is 1. The summed E-state index contributed by atoms with van der Waals surface area (Å²) < 4.78 is 1.04. The third-order valence-corrected chi connectivity index (χ3v) is 3.85. The minimum Gasteiger partial charge on any atom is -0.409 e. The molecule has 0 aromatic heterocycles. The molecule has 0 aliphatic rings. The number of nitrogens with two attached hydrogens (primary N) is 1. The molecule has 2 aromatic rings. The van der Waals surface area contributed by atoms with Crippen LogP contribution in [0.5, 0.6) is 0 Å². The highest BCUT2D eigenvalue weighted by atomic mass is 79.9. The molecule has 0 heterocycles. The number of hydrogen-bond acceptors (Lipinski definition) is 3. The van der Waals surface area contributed by atoms with E-state index >= 15 is 0 Å². The quantitative estimate of drug-likeness (QED) is 0.334. The van der Waals surface area contributed by atoms with Crippen LogP contribution in [-0.4, -0.2) is 17.6 Å². The smallest absolute Gasteiger partial charge is 0.148 e. The summed E-state index contributed by atoms with van der Waals surface area (Å²) in [6.07, 6.45) is 0. The van der Waals surface area contributed by atoms with Gasteiger partial charge in [-0.05, 0) is 36.2 Å². The molecule has 21 heavy (non-hydrogen) atoms. The van der Waals surface area contributed by atoms with Crippen molar-refractivity contribution in [2.75, 3.05) is 11.9 Å². The molecule has 2 rings (SSSR count). The van der Waals surface area contributed by atoms with Crippen LogP contribution in [0.2, 0.25) is 0 Å². The highest BCUT2D eigenvalue weighted by molar-refractivity contribution is 9.10. The van der Waals surface area contributed by atoms with Gasteiger partial charge in [0.15, 0.2) is 0 Å². The van der Waals surface area contributed by atoms with Crippen LogP contribution in [0.25, 0.3) is 0 Å². The van der Waals surface area contributed by atoms with Crippen molar-refractivity contribution in [2.24, 2.45) is 10.9 Å². The van der Waals surface area contributed by atoms with E-state index in [0.29, 0.717) is 6.54 Å². The molecule has 0 bridgehead atoms. The van der Waals surface area contributed by atoms with Gasteiger partial charge in [-0.25, -0.2) is 0 Å². The Bertz CT molecular complexity index is 629. The largest absolute Gasteiger partial charge is 0.409 e. The van der Waals surface area contributed by atoms with Crippen LogP contribution in [0.15, 0.2) is 58.2 Å². The summed E-state index contributed by atoms with van der Waals surface area (Å²) in [5.74, 6) is 0.0164. The Morgan fingerprint density at radius 2 is 2.00 bits per heavy atom. The second kappa shape index (κ2) is 7.13. The fourth-order valence-corrected chi connectivity index (χ4v) is 2.66. The number of amidine groups is 1. The predicted molar refractivity (Wildman–Crippen MR) is 90.0 cm³/mol. The van der Waals surface area contributed by atoms with Gasteiger partial charge in [0, 0.05) is 16.7 Å². The maximum Gasteiger partial charge on any atom is 0.148 e. The second-order valence-corrected chi connectivity index (χ2v) is 5.74. The maximum absolute atomic E-state index is 8.98. The topological polar surface area (TPSA) is 70.6 Å². The van der Waals surface area contributed by atoms with Gasteiger partial charge in [0.25, 0.3) is 0 Å². The molecule has 0 aliphatic heterocycles. The summed E-state index contributed by atoms with van der Waals surface area (Å²) in [6, 6.07) is 15.8. The zero-order valence-corrected chi connectivity index (χ0v) is 13.3.